The van der Waals surface area contributed by atoms with Crippen LogP contribution in [0, 0.1) is 0 Å². The summed E-state index contributed by atoms with van der Waals surface area (Å²) in [4.78, 5) is 54.4. The second kappa shape index (κ2) is 12.8. The van der Waals surface area contributed by atoms with E-state index in [-0.39, 0.29) is 24.2 Å². The van der Waals surface area contributed by atoms with Gasteiger partial charge in [-0.3, -0.25) is 9.59 Å². The maximum Gasteiger partial charge on any atom is 0.328 e. The molecule has 2 N–H and O–H groups in total. The smallest absolute Gasteiger partial charge is 0.328 e. The average molecular weight is 490 g/mol. The van der Waals surface area contributed by atoms with Crippen LogP contribution in [0.1, 0.15) is 32.1 Å². The Kier molecular flexibility index (Phi) is 9.27. The number of carbonyl (C=O) groups excluding carboxylic acids is 4. The van der Waals surface area contributed by atoms with Crippen molar-refractivity contribution in [3.05, 3.63) is 101 Å². The van der Waals surface area contributed by atoms with Crippen molar-refractivity contribution in [2.45, 2.75) is 24.9 Å². The van der Waals surface area contributed by atoms with Crippen molar-refractivity contribution in [2.75, 3.05) is 14.2 Å². The van der Waals surface area contributed by atoms with E-state index in [1.165, 1.54) is 32.4 Å². The van der Waals surface area contributed by atoms with E-state index >= 15 is 0 Å². The zero-order valence-electron chi connectivity index (χ0n) is 20.0. The zero-order valence-corrected chi connectivity index (χ0v) is 20.0. The van der Waals surface area contributed by atoms with Crippen molar-refractivity contribution in [2.24, 2.45) is 0 Å². The minimum atomic E-state index is -0.946. The topological polar surface area (TPSA) is 124 Å². The normalized spacial score (nSPS) is 12.1. The molecule has 0 radical (unpaired) electrons. The van der Waals surface area contributed by atoms with E-state index in [9.17, 15) is 19.2 Å². The number of hydrogen-bond acceptors (Lipinski definition) is 7. The highest BCUT2D eigenvalue weighted by Crippen LogP contribution is 2.08. The number of methoxy groups -OCH3 is 2. The quantitative estimate of drug-likeness (QED) is 0.418. The molecule has 0 fully saturated rings. The van der Waals surface area contributed by atoms with Crippen LogP contribution in [0.3, 0.4) is 0 Å². The Hall–Kier alpha value is -4.53. The van der Waals surface area contributed by atoms with Crippen LogP contribution < -0.4 is 10.6 Å². The largest absolute Gasteiger partial charge is 0.467 e. The van der Waals surface area contributed by atoms with E-state index in [0.717, 1.165) is 11.1 Å². The molecule has 0 bridgehead atoms. The first-order chi connectivity index (χ1) is 17.4. The van der Waals surface area contributed by atoms with Crippen molar-refractivity contribution in [1.82, 2.24) is 15.6 Å². The second-order valence-electron chi connectivity index (χ2n) is 7.89. The van der Waals surface area contributed by atoms with Crippen LogP contribution in [0.2, 0.25) is 0 Å². The summed E-state index contributed by atoms with van der Waals surface area (Å²) in [7, 11) is 2.48. The van der Waals surface area contributed by atoms with Gasteiger partial charge in [-0.1, -0.05) is 66.7 Å². The van der Waals surface area contributed by atoms with E-state index in [0.29, 0.717) is 0 Å². The Balaban J connectivity index is 1.73. The molecule has 0 aliphatic carbocycles. The minimum absolute atomic E-state index is 0.0673. The lowest BCUT2D eigenvalue weighted by molar-refractivity contribution is -0.143. The molecule has 2 atom stereocenters. The summed E-state index contributed by atoms with van der Waals surface area (Å²) in [6, 6.07) is 20.8. The van der Waals surface area contributed by atoms with Gasteiger partial charge in [0.25, 0.3) is 11.8 Å². The monoisotopic (exact) mass is 489 g/mol. The van der Waals surface area contributed by atoms with Gasteiger partial charge in [-0.2, -0.15) is 0 Å². The number of nitrogens with one attached hydrogen (secondary N) is 2. The van der Waals surface area contributed by atoms with Gasteiger partial charge in [0.15, 0.2) is 0 Å². The third kappa shape index (κ3) is 7.23. The molecule has 36 heavy (non-hydrogen) atoms. The number of benzene rings is 2. The molecule has 0 unspecified atom stereocenters. The average Bonchev–Trinajstić information content (AvgIpc) is 2.92. The first kappa shape index (κ1) is 26.1. The summed E-state index contributed by atoms with van der Waals surface area (Å²) in [6.07, 6.45) is 0.444. The van der Waals surface area contributed by atoms with Gasteiger partial charge in [-0.15, -0.1) is 0 Å². The van der Waals surface area contributed by atoms with Gasteiger partial charge in [-0.05, 0) is 23.3 Å². The van der Waals surface area contributed by atoms with Crippen molar-refractivity contribution >= 4 is 23.8 Å². The van der Waals surface area contributed by atoms with Crippen LogP contribution in [-0.4, -0.2) is 55.0 Å². The summed E-state index contributed by atoms with van der Waals surface area (Å²) >= 11 is 0. The number of nitrogens with zero attached hydrogens (tertiary/aromatic N) is 1. The lowest BCUT2D eigenvalue weighted by Crippen LogP contribution is -2.44. The highest BCUT2D eigenvalue weighted by atomic mass is 16.5. The van der Waals surface area contributed by atoms with E-state index in [4.69, 9.17) is 9.47 Å². The number of amides is 2. The van der Waals surface area contributed by atoms with Crippen LogP contribution in [0.4, 0.5) is 0 Å². The number of rotatable bonds is 10. The molecule has 3 aromatic rings. The van der Waals surface area contributed by atoms with Gasteiger partial charge in [-0.25, -0.2) is 14.6 Å². The Morgan fingerprint density at radius 1 is 0.639 bits per heavy atom. The van der Waals surface area contributed by atoms with Crippen molar-refractivity contribution < 1.29 is 28.7 Å². The van der Waals surface area contributed by atoms with E-state index in [1.54, 1.807) is 0 Å². The molecule has 2 aromatic carbocycles. The van der Waals surface area contributed by atoms with Crippen LogP contribution >= 0.6 is 0 Å². The predicted molar refractivity (Wildman–Crippen MR) is 131 cm³/mol. The van der Waals surface area contributed by atoms with E-state index in [1.807, 2.05) is 60.7 Å². The van der Waals surface area contributed by atoms with Gasteiger partial charge in [0.05, 0.1) is 14.2 Å². The molecule has 0 aliphatic heterocycles. The van der Waals surface area contributed by atoms with Gasteiger partial charge in [0, 0.05) is 12.8 Å². The Labute approximate surface area is 208 Å². The number of pyridine rings is 1. The SMILES string of the molecule is COC(=O)[C@@H](Cc1ccccc1)NC(=O)c1cccc(C(=O)N[C@H](Cc2ccccc2)C(=O)OC)n1. The summed E-state index contributed by atoms with van der Waals surface area (Å²) in [5.74, 6) is -2.51. The van der Waals surface area contributed by atoms with Crippen LogP contribution in [0.5, 0.6) is 0 Å². The molecule has 0 aliphatic rings. The number of carbonyl (C=O) groups is 4. The third-order valence-corrected chi connectivity index (χ3v) is 5.36. The molecule has 0 saturated carbocycles. The molecule has 0 spiro atoms. The highest BCUT2D eigenvalue weighted by Gasteiger charge is 2.25. The summed E-state index contributed by atoms with van der Waals surface area (Å²) in [5.41, 5.74) is 1.53. The Morgan fingerprint density at radius 3 is 1.39 bits per heavy atom. The second-order valence-corrected chi connectivity index (χ2v) is 7.89. The molecule has 3 rings (SSSR count). The zero-order chi connectivity index (χ0) is 25.9. The maximum absolute atomic E-state index is 12.9. The standard InChI is InChI=1S/C27H27N3O6/c1-35-26(33)22(16-18-10-5-3-6-11-18)29-24(31)20-14-9-15-21(28-20)25(32)30-23(27(34)36-2)17-19-12-7-4-8-13-19/h3-15,22-23H,16-17H2,1-2H3,(H,29,31)(H,30,32)/t22-,23-/m1/s1. The lowest BCUT2D eigenvalue weighted by Gasteiger charge is -2.17. The third-order valence-electron chi connectivity index (χ3n) is 5.36. The number of esters is 2. The summed E-state index contributed by atoms with van der Waals surface area (Å²) in [5, 5.41) is 5.24. The number of ether oxygens (including phenoxy) is 2. The van der Waals surface area contributed by atoms with E-state index in [2.05, 4.69) is 15.6 Å². The molecular weight excluding hydrogens is 462 g/mol. The first-order valence-electron chi connectivity index (χ1n) is 11.2. The van der Waals surface area contributed by atoms with Crippen LogP contribution in [0.25, 0.3) is 0 Å². The van der Waals surface area contributed by atoms with Gasteiger partial charge >= 0.3 is 11.9 Å². The molecule has 9 nitrogen and oxygen atoms in total. The fourth-order valence-electron chi connectivity index (χ4n) is 3.52. The lowest BCUT2D eigenvalue weighted by atomic mass is 10.1. The van der Waals surface area contributed by atoms with Gasteiger partial charge < -0.3 is 20.1 Å². The first-order valence-corrected chi connectivity index (χ1v) is 11.2. The molecule has 186 valence electrons. The minimum Gasteiger partial charge on any atom is -0.467 e. The van der Waals surface area contributed by atoms with Crippen molar-refractivity contribution in [1.29, 1.82) is 0 Å². The summed E-state index contributed by atoms with van der Waals surface area (Å²) < 4.78 is 9.65. The maximum atomic E-state index is 12.9. The van der Waals surface area contributed by atoms with Gasteiger partial charge in [0.1, 0.15) is 23.5 Å². The fraction of sp³-hybridized carbons (Fsp3) is 0.222. The predicted octanol–water partition coefficient (Wildman–Crippen LogP) is 2.11. The highest BCUT2D eigenvalue weighted by molar-refractivity contribution is 5.98. The molecule has 1 heterocycles. The van der Waals surface area contributed by atoms with Crippen LogP contribution in [-0.2, 0) is 31.9 Å². The van der Waals surface area contributed by atoms with Gasteiger partial charge in [0.2, 0.25) is 0 Å². The number of aromatic nitrogens is 1. The summed E-state index contributed by atoms with van der Waals surface area (Å²) in [6.45, 7) is 0. The fourth-order valence-corrected chi connectivity index (χ4v) is 3.52. The molecule has 2 amide bonds. The molecule has 9 heteroatoms. The Bertz CT molecular complexity index is 1110. The molecule has 0 saturated heterocycles. The Morgan fingerprint density at radius 2 is 1.03 bits per heavy atom. The van der Waals surface area contributed by atoms with E-state index < -0.39 is 35.8 Å². The van der Waals surface area contributed by atoms with Crippen molar-refractivity contribution in [3.8, 4) is 0 Å². The number of hydrogen-bond donors (Lipinski definition) is 2. The molecular formula is C27H27N3O6. The molecule has 1 aromatic heterocycles. The van der Waals surface area contributed by atoms with Crippen molar-refractivity contribution in [3.63, 3.8) is 0 Å². The van der Waals surface area contributed by atoms with Crippen LogP contribution in [0.15, 0.2) is 78.9 Å².